The highest BCUT2D eigenvalue weighted by atomic mass is 15.3. The molecule has 1 N–H and O–H groups in total. The first-order chi connectivity index (χ1) is 7.29. The van der Waals surface area contributed by atoms with Gasteiger partial charge in [0, 0.05) is 19.9 Å². The van der Waals surface area contributed by atoms with E-state index in [2.05, 4.69) is 22.3 Å². The lowest BCUT2D eigenvalue weighted by Gasteiger charge is -2.05. The Balaban J connectivity index is 2.00. The maximum atomic E-state index is 4.59. The second kappa shape index (κ2) is 4.75. The van der Waals surface area contributed by atoms with Crippen LogP contribution in [0.25, 0.3) is 0 Å². The number of nitrogens with zero attached hydrogens (tertiary/aromatic N) is 3. The summed E-state index contributed by atoms with van der Waals surface area (Å²) in [7, 11) is 2.00. The van der Waals surface area contributed by atoms with Crippen LogP contribution < -0.4 is 5.32 Å². The van der Waals surface area contributed by atoms with Gasteiger partial charge in [0.05, 0.1) is 0 Å². The van der Waals surface area contributed by atoms with Gasteiger partial charge in [-0.05, 0) is 31.8 Å². The average Bonchev–Trinajstić information content (AvgIpc) is 2.79. The fraction of sp³-hybridized carbons (Fsp3) is 0.818. The molecule has 2 rings (SSSR count). The van der Waals surface area contributed by atoms with Gasteiger partial charge >= 0.3 is 0 Å². The van der Waals surface area contributed by atoms with E-state index in [9.17, 15) is 0 Å². The first-order valence-electron chi connectivity index (χ1n) is 5.89. The summed E-state index contributed by atoms with van der Waals surface area (Å²) in [5.74, 6) is 2.90. The van der Waals surface area contributed by atoms with Gasteiger partial charge in [-0.25, -0.2) is 4.98 Å². The third-order valence-electron chi connectivity index (χ3n) is 3.00. The minimum atomic E-state index is 0.752. The third kappa shape index (κ3) is 2.56. The van der Waals surface area contributed by atoms with E-state index >= 15 is 0 Å². The van der Waals surface area contributed by atoms with Crippen molar-refractivity contribution >= 4 is 0 Å². The second-order valence-corrected chi connectivity index (χ2v) is 4.38. The highest BCUT2D eigenvalue weighted by molar-refractivity contribution is 4.95. The van der Waals surface area contributed by atoms with Gasteiger partial charge in [0.2, 0.25) is 0 Å². The lowest BCUT2D eigenvalue weighted by Crippen LogP contribution is -2.13. The van der Waals surface area contributed by atoms with Crippen molar-refractivity contribution < 1.29 is 0 Å². The van der Waals surface area contributed by atoms with Crippen molar-refractivity contribution in [3.63, 3.8) is 0 Å². The lowest BCUT2D eigenvalue weighted by atomic mass is 10.1. The van der Waals surface area contributed by atoms with Crippen molar-refractivity contribution in [3.8, 4) is 0 Å². The van der Waals surface area contributed by atoms with E-state index in [4.69, 9.17) is 0 Å². The van der Waals surface area contributed by atoms with E-state index in [1.807, 2.05) is 11.7 Å². The van der Waals surface area contributed by atoms with Crippen LogP contribution in [-0.2, 0) is 19.9 Å². The first kappa shape index (κ1) is 10.6. The molecule has 0 saturated carbocycles. The van der Waals surface area contributed by atoms with Crippen molar-refractivity contribution in [3.05, 3.63) is 11.6 Å². The van der Waals surface area contributed by atoms with E-state index in [0.717, 1.165) is 49.9 Å². The van der Waals surface area contributed by atoms with Gasteiger partial charge < -0.3 is 5.32 Å². The SMILES string of the molecule is CCCc1nc(CC2CCNC2)n(C)n1. The summed E-state index contributed by atoms with van der Waals surface area (Å²) in [6, 6.07) is 0. The number of aryl methyl sites for hydroxylation is 2. The molecule has 0 spiro atoms. The van der Waals surface area contributed by atoms with Gasteiger partial charge in [-0.1, -0.05) is 6.92 Å². The number of rotatable bonds is 4. The van der Waals surface area contributed by atoms with Gasteiger partial charge in [-0.15, -0.1) is 0 Å². The molecule has 0 radical (unpaired) electrons. The summed E-state index contributed by atoms with van der Waals surface area (Å²) in [6.45, 7) is 4.46. The van der Waals surface area contributed by atoms with E-state index < -0.39 is 0 Å². The van der Waals surface area contributed by atoms with Crippen LogP contribution in [0, 0.1) is 5.92 Å². The van der Waals surface area contributed by atoms with Crippen LogP contribution in [0.3, 0.4) is 0 Å². The molecule has 2 heterocycles. The second-order valence-electron chi connectivity index (χ2n) is 4.38. The van der Waals surface area contributed by atoms with E-state index in [1.54, 1.807) is 0 Å². The van der Waals surface area contributed by atoms with Crippen molar-refractivity contribution in [2.75, 3.05) is 13.1 Å². The van der Waals surface area contributed by atoms with Gasteiger partial charge in [0.1, 0.15) is 5.82 Å². The highest BCUT2D eigenvalue weighted by Gasteiger charge is 2.18. The molecule has 1 fully saturated rings. The van der Waals surface area contributed by atoms with E-state index in [1.165, 1.54) is 6.42 Å². The number of hydrogen-bond acceptors (Lipinski definition) is 3. The topological polar surface area (TPSA) is 42.7 Å². The van der Waals surface area contributed by atoms with Crippen molar-refractivity contribution in [2.45, 2.75) is 32.6 Å². The molecule has 1 atom stereocenters. The summed E-state index contributed by atoms with van der Waals surface area (Å²) >= 11 is 0. The van der Waals surface area contributed by atoms with Gasteiger partial charge in [-0.3, -0.25) is 4.68 Å². The van der Waals surface area contributed by atoms with Crippen LogP contribution in [0.5, 0.6) is 0 Å². The normalized spacial score (nSPS) is 21.1. The Kier molecular flexibility index (Phi) is 3.36. The fourth-order valence-electron chi connectivity index (χ4n) is 2.13. The Bertz CT molecular complexity index is 312. The molecule has 4 nitrogen and oxygen atoms in total. The highest BCUT2D eigenvalue weighted by Crippen LogP contribution is 2.13. The molecule has 84 valence electrons. The molecule has 1 saturated heterocycles. The molecule has 4 heteroatoms. The van der Waals surface area contributed by atoms with Gasteiger partial charge in [0.15, 0.2) is 5.82 Å². The Morgan fingerprint density at radius 2 is 2.40 bits per heavy atom. The molecule has 0 amide bonds. The predicted octanol–water partition coefficient (Wildman–Crippen LogP) is 0.920. The first-order valence-corrected chi connectivity index (χ1v) is 5.89. The maximum Gasteiger partial charge on any atom is 0.150 e. The zero-order valence-corrected chi connectivity index (χ0v) is 9.66. The summed E-state index contributed by atoms with van der Waals surface area (Å²) < 4.78 is 1.95. The summed E-state index contributed by atoms with van der Waals surface area (Å²) in [4.78, 5) is 4.59. The molecule has 1 aromatic rings. The fourth-order valence-corrected chi connectivity index (χ4v) is 2.13. The summed E-state index contributed by atoms with van der Waals surface area (Å²) in [5.41, 5.74) is 0. The molecule has 0 aromatic carbocycles. The van der Waals surface area contributed by atoms with Gasteiger partial charge in [-0.2, -0.15) is 5.10 Å². The molecule has 1 aliphatic heterocycles. The predicted molar refractivity (Wildman–Crippen MR) is 59.7 cm³/mol. The lowest BCUT2D eigenvalue weighted by molar-refractivity contribution is 0.539. The van der Waals surface area contributed by atoms with Crippen LogP contribution in [0.15, 0.2) is 0 Å². The van der Waals surface area contributed by atoms with Crippen LogP contribution in [0.1, 0.15) is 31.4 Å². The molecule has 15 heavy (non-hydrogen) atoms. The molecule has 1 unspecified atom stereocenters. The van der Waals surface area contributed by atoms with E-state index in [0.29, 0.717) is 0 Å². The molecule has 0 aliphatic carbocycles. The zero-order valence-electron chi connectivity index (χ0n) is 9.66. The Labute approximate surface area is 91.1 Å². The molecule has 1 aliphatic rings. The molecule has 0 bridgehead atoms. The standard InChI is InChI=1S/C11H20N4/c1-3-4-10-13-11(15(2)14-10)7-9-5-6-12-8-9/h9,12H,3-8H2,1-2H3. The minimum absolute atomic E-state index is 0.752. The molecular weight excluding hydrogens is 188 g/mol. The number of aromatic nitrogens is 3. The zero-order chi connectivity index (χ0) is 10.7. The van der Waals surface area contributed by atoms with Gasteiger partial charge in [0.25, 0.3) is 0 Å². The van der Waals surface area contributed by atoms with Crippen LogP contribution in [-0.4, -0.2) is 27.9 Å². The average molecular weight is 208 g/mol. The third-order valence-corrected chi connectivity index (χ3v) is 3.00. The summed E-state index contributed by atoms with van der Waals surface area (Å²) in [6.07, 6.45) is 4.46. The quantitative estimate of drug-likeness (QED) is 0.800. The van der Waals surface area contributed by atoms with Crippen LogP contribution in [0.2, 0.25) is 0 Å². The number of hydrogen-bond donors (Lipinski definition) is 1. The van der Waals surface area contributed by atoms with Crippen LogP contribution in [0.4, 0.5) is 0 Å². The molecular formula is C11H20N4. The largest absolute Gasteiger partial charge is 0.316 e. The number of nitrogens with one attached hydrogen (secondary N) is 1. The monoisotopic (exact) mass is 208 g/mol. The summed E-state index contributed by atoms with van der Waals surface area (Å²) in [5, 5.41) is 7.81. The Hall–Kier alpha value is -0.900. The molecule has 1 aromatic heterocycles. The van der Waals surface area contributed by atoms with Crippen molar-refractivity contribution in [1.82, 2.24) is 20.1 Å². The Morgan fingerprint density at radius 3 is 3.07 bits per heavy atom. The van der Waals surface area contributed by atoms with E-state index in [-0.39, 0.29) is 0 Å². The van der Waals surface area contributed by atoms with Crippen molar-refractivity contribution in [1.29, 1.82) is 0 Å². The Morgan fingerprint density at radius 1 is 1.53 bits per heavy atom. The minimum Gasteiger partial charge on any atom is -0.316 e. The maximum absolute atomic E-state index is 4.59. The van der Waals surface area contributed by atoms with Crippen LogP contribution >= 0.6 is 0 Å². The smallest absolute Gasteiger partial charge is 0.150 e. The van der Waals surface area contributed by atoms with Crippen molar-refractivity contribution in [2.24, 2.45) is 13.0 Å².